The van der Waals surface area contributed by atoms with E-state index in [0.717, 1.165) is 51.4 Å². The van der Waals surface area contributed by atoms with Crippen molar-refractivity contribution < 1.29 is 9.72 Å². The molecule has 0 aliphatic heterocycles. The van der Waals surface area contributed by atoms with Gasteiger partial charge in [0.15, 0.2) is 6.29 Å². The quantitative estimate of drug-likeness (QED) is 0.164. The van der Waals surface area contributed by atoms with Gasteiger partial charge in [0.25, 0.3) is 0 Å². The fourth-order valence-corrected chi connectivity index (χ4v) is 2.11. The molecule has 0 aromatic rings. The van der Waals surface area contributed by atoms with Crippen LogP contribution in [0.2, 0.25) is 0 Å². The van der Waals surface area contributed by atoms with E-state index < -0.39 is 0 Å². The topological polar surface area (TPSA) is 60.2 Å². The summed E-state index contributed by atoms with van der Waals surface area (Å²) < 4.78 is 0. The van der Waals surface area contributed by atoms with Gasteiger partial charge in [0.1, 0.15) is 0 Å². The highest BCUT2D eigenvalue weighted by Gasteiger charge is 2.06. The SMILES string of the molecule is CC/C=C/C/C=C/C/C=C/C/C(=C/CCCCCC[C]=O)[N+](=O)[O-]. The summed E-state index contributed by atoms with van der Waals surface area (Å²) in [5.74, 6) is 0. The fraction of sp³-hybridized carbons (Fsp3) is 0.550. The molecule has 0 saturated carbocycles. The van der Waals surface area contributed by atoms with Crippen LogP contribution in [0, 0.1) is 10.1 Å². The molecule has 0 aliphatic rings. The second-order valence-electron chi connectivity index (χ2n) is 5.55. The summed E-state index contributed by atoms with van der Waals surface area (Å²) in [5, 5.41) is 11.0. The first-order valence-corrected chi connectivity index (χ1v) is 8.85. The van der Waals surface area contributed by atoms with Gasteiger partial charge >= 0.3 is 0 Å². The minimum atomic E-state index is -0.295. The lowest BCUT2D eigenvalue weighted by atomic mass is 10.1. The average molecular weight is 332 g/mol. The van der Waals surface area contributed by atoms with Gasteiger partial charge in [0.2, 0.25) is 5.70 Å². The largest absolute Gasteiger partial charge is 0.291 e. The highest BCUT2D eigenvalue weighted by atomic mass is 16.6. The van der Waals surface area contributed by atoms with Crippen LogP contribution in [0.1, 0.15) is 71.1 Å². The van der Waals surface area contributed by atoms with Gasteiger partial charge < -0.3 is 0 Å². The lowest BCUT2D eigenvalue weighted by molar-refractivity contribution is -0.427. The van der Waals surface area contributed by atoms with Gasteiger partial charge in [-0.05, 0) is 44.6 Å². The molecule has 4 heteroatoms. The molecule has 1 radical (unpaired) electrons. The third-order valence-electron chi connectivity index (χ3n) is 3.45. The highest BCUT2D eigenvalue weighted by Crippen LogP contribution is 2.10. The first-order chi connectivity index (χ1) is 11.7. The third kappa shape index (κ3) is 14.9. The molecule has 0 spiro atoms. The maximum absolute atomic E-state index is 11.0. The zero-order valence-corrected chi connectivity index (χ0v) is 14.8. The Labute approximate surface area is 146 Å². The number of hydrogen-bond donors (Lipinski definition) is 0. The molecule has 0 heterocycles. The lowest BCUT2D eigenvalue weighted by Gasteiger charge is -1.97. The first-order valence-electron chi connectivity index (χ1n) is 8.85. The number of unbranched alkanes of at least 4 members (excludes halogenated alkanes) is 5. The lowest BCUT2D eigenvalue weighted by Crippen LogP contribution is -1.97. The van der Waals surface area contributed by atoms with Gasteiger partial charge in [-0.25, -0.2) is 0 Å². The summed E-state index contributed by atoms with van der Waals surface area (Å²) in [6.45, 7) is 2.11. The Bertz CT molecular complexity index is 448. The van der Waals surface area contributed by atoms with Crippen LogP contribution in [0.5, 0.6) is 0 Å². The number of nitro groups is 1. The van der Waals surface area contributed by atoms with Gasteiger partial charge in [-0.1, -0.05) is 56.2 Å². The molecule has 0 saturated heterocycles. The second kappa shape index (κ2) is 17.4. The maximum atomic E-state index is 11.0. The van der Waals surface area contributed by atoms with Gasteiger partial charge in [-0.3, -0.25) is 14.9 Å². The van der Waals surface area contributed by atoms with E-state index in [0.29, 0.717) is 12.8 Å². The Morgan fingerprint density at radius 2 is 1.58 bits per heavy atom. The highest BCUT2D eigenvalue weighted by molar-refractivity contribution is 5.50. The van der Waals surface area contributed by atoms with E-state index in [-0.39, 0.29) is 10.6 Å². The zero-order chi connectivity index (χ0) is 17.9. The average Bonchev–Trinajstić information content (AvgIpc) is 2.57. The van der Waals surface area contributed by atoms with E-state index in [1.165, 1.54) is 0 Å². The Morgan fingerprint density at radius 1 is 0.958 bits per heavy atom. The zero-order valence-electron chi connectivity index (χ0n) is 14.8. The van der Waals surface area contributed by atoms with Crippen LogP contribution < -0.4 is 0 Å². The summed E-state index contributed by atoms with van der Waals surface area (Å²) >= 11 is 0. The van der Waals surface area contributed by atoms with Gasteiger partial charge in [0, 0.05) is 6.42 Å². The molecule has 24 heavy (non-hydrogen) atoms. The van der Waals surface area contributed by atoms with E-state index in [9.17, 15) is 14.9 Å². The molecule has 0 atom stereocenters. The molecule has 0 aromatic heterocycles. The van der Waals surface area contributed by atoms with Crippen LogP contribution in [0.3, 0.4) is 0 Å². The second-order valence-corrected chi connectivity index (χ2v) is 5.55. The maximum Gasteiger partial charge on any atom is 0.246 e. The van der Waals surface area contributed by atoms with E-state index in [1.54, 1.807) is 6.08 Å². The number of carbonyl (C=O) groups excluding carboxylic acids is 1. The molecule has 133 valence electrons. The predicted octanol–water partition coefficient (Wildman–Crippen LogP) is 5.85. The Morgan fingerprint density at radius 3 is 2.21 bits per heavy atom. The molecular weight excluding hydrogens is 302 g/mol. The summed E-state index contributed by atoms with van der Waals surface area (Å²) in [6.07, 6.45) is 24.0. The summed E-state index contributed by atoms with van der Waals surface area (Å²) in [7, 11) is 0. The Balaban J connectivity index is 3.95. The van der Waals surface area contributed by atoms with E-state index in [1.807, 2.05) is 18.4 Å². The number of nitrogens with zero attached hydrogens (tertiary/aromatic N) is 1. The molecule has 0 bridgehead atoms. The van der Waals surface area contributed by atoms with Crippen LogP contribution in [0.4, 0.5) is 0 Å². The number of allylic oxidation sites excluding steroid dienone is 7. The fourth-order valence-electron chi connectivity index (χ4n) is 2.11. The van der Waals surface area contributed by atoms with Crippen molar-refractivity contribution in [3.05, 3.63) is 58.3 Å². The smallest absolute Gasteiger partial charge is 0.246 e. The third-order valence-corrected chi connectivity index (χ3v) is 3.45. The first kappa shape index (κ1) is 22.0. The van der Waals surface area contributed by atoms with E-state index in [4.69, 9.17) is 0 Å². The molecule has 0 N–H and O–H groups in total. The molecule has 0 fully saturated rings. The summed E-state index contributed by atoms with van der Waals surface area (Å²) in [5.41, 5.74) is 0.266. The molecular formula is C20H30NO3. The van der Waals surface area contributed by atoms with Crippen molar-refractivity contribution in [3.8, 4) is 0 Å². The number of rotatable bonds is 15. The minimum Gasteiger partial charge on any atom is -0.291 e. The van der Waals surface area contributed by atoms with E-state index in [2.05, 4.69) is 31.2 Å². The molecule has 0 aliphatic carbocycles. The van der Waals surface area contributed by atoms with Crippen molar-refractivity contribution in [2.45, 2.75) is 71.1 Å². The summed E-state index contributed by atoms with van der Waals surface area (Å²) in [6, 6.07) is 0. The Kier molecular flexibility index (Phi) is 16.0. The number of hydrogen-bond acceptors (Lipinski definition) is 3. The predicted molar refractivity (Wildman–Crippen MR) is 100 cm³/mol. The summed E-state index contributed by atoms with van der Waals surface area (Å²) in [4.78, 5) is 20.8. The van der Waals surface area contributed by atoms with Crippen molar-refractivity contribution >= 4 is 6.29 Å². The van der Waals surface area contributed by atoms with Crippen molar-refractivity contribution in [2.24, 2.45) is 0 Å². The van der Waals surface area contributed by atoms with Crippen LogP contribution in [0.15, 0.2) is 48.2 Å². The standard InChI is InChI=1S/C20H30NO3/c1-2-3-4-5-6-7-8-11-14-17-20(21(23)24)18-15-12-9-10-13-16-19-22/h3-4,6-7,11,14,18H,2,5,8-10,12-13,15-17H2,1H3/b4-3+,7-6+,14-11+,20-18-. The van der Waals surface area contributed by atoms with Crippen molar-refractivity contribution in [1.29, 1.82) is 0 Å². The molecule has 0 amide bonds. The monoisotopic (exact) mass is 332 g/mol. The van der Waals surface area contributed by atoms with Gasteiger partial charge in [-0.2, -0.15) is 0 Å². The normalized spacial score (nSPS) is 12.6. The van der Waals surface area contributed by atoms with Gasteiger partial charge in [-0.15, -0.1) is 0 Å². The van der Waals surface area contributed by atoms with Crippen LogP contribution in [0.25, 0.3) is 0 Å². The molecule has 4 nitrogen and oxygen atoms in total. The minimum absolute atomic E-state index is 0.266. The van der Waals surface area contributed by atoms with Crippen molar-refractivity contribution in [3.63, 3.8) is 0 Å². The van der Waals surface area contributed by atoms with Crippen LogP contribution in [-0.2, 0) is 4.79 Å². The molecule has 0 unspecified atom stereocenters. The van der Waals surface area contributed by atoms with Crippen LogP contribution in [-0.4, -0.2) is 11.2 Å². The molecule has 0 aromatic carbocycles. The van der Waals surface area contributed by atoms with E-state index >= 15 is 0 Å². The van der Waals surface area contributed by atoms with Gasteiger partial charge in [0.05, 0.1) is 11.3 Å². The van der Waals surface area contributed by atoms with Crippen molar-refractivity contribution in [1.82, 2.24) is 0 Å². The van der Waals surface area contributed by atoms with Crippen LogP contribution >= 0.6 is 0 Å². The molecule has 0 rings (SSSR count). The van der Waals surface area contributed by atoms with Crippen molar-refractivity contribution in [2.75, 3.05) is 0 Å². The Hall–Kier alpha value is -1.97.